The van der Waals surface area contributed by atoms with Gasteiger partial charge in [0, 0.05) is 39.8 Å². The minimum atomic E-state index is -0.0556. The third-order valence-electron chi connectivity index (χ3n) is 4.21. The summed E-state index contributed by atoms with van der Waals surface area (Å²) in [5.74, 6) is 0.822. The van der Waals surface area contributed by atoms with Crippen LogP contribution in [0.25, 0.3) is 0 Å². The van der Waals surface area contributed by atoms with Crippen LogP contribution in [-0.4, -0.2) is 37.4 Å². The molecule has 5 nitrogen and oxygen atoms in total. The highest BCUT2D eigenvalue weighted by atomic mass is 16.1. The van der Waals surface area contributed by atoms with Gasteiger partial charge >= 0.3 is 0 Å². The quantitative estimate of drug-likeness (QED) is 0.620. The van der Waals surface area contributed by atoms with Crippen molar-refractivity contribution in [1.82, 2.24) is 10.2 Å². The molecule has 0 saturated heterocycles. The van der Waals surface area contributed by atoms with Crippen molar-refractivity contribution in [2.24, 2.45) is 4.99 Å². The zero-order valence-electron chi connectivity index (χ0n) is 16.0. The summed E-state index contributed by atoms with van der Waals surface area (Å²) in [7, 11) is 3.85. The van der Waals surface area contributed by atoms with Gasteiger partial charge in [0.25, 0.3) is 0 Å². The molecule has 0 unspecified atom stereocenters. The highest BCUT2D eigenvalue weighted by molar-refractivity contribution is 5.88. The van der Waals surface area contributed by atoms with Gasteiger partial charge in [0.2, 0.25) is 5.91 Å². The Bertz CT molecular complexity index is 753. The van der Waals surface area contributed by atoms with Gasteiger partial charge in [-0.25, -0.2) is 0 Å². The first kappa shape index (κ1) is 19.5. The van der Waals surface area contributed by atoms with Crippen molar-refractivity contribution in [3.63, 3.8) is 0 Å². The lowest BCUT2D eigenvalue weighted by atomic mass is 10.1. The number of rotatable bonds is 6. The number of carbonyl (C=O) groups is 1. The van der Waals surface area contributed by atoms with Crippen molar-refractivity contribution in [2.75, 3.05) is 26.0 Å². The third-order valence-corrected chi connectivity index (χ3v) is 4.21. The number of nitrogens with zero attached hydrogens (tertiary/aromatic N) is 2. The van der Waals surface area contributed by atoms with Crippen LogP contribution in [0.3, 0.4) is 0 Å². The van der Waals surface area contributed by atoms with E-state index >= 15 is 0 Å². The molecule has 26 heavy (non-hydrogen) atoms. The second-order valence-corrected chi connectivity index (χ2v) is 6.38. The highest BCUT2D eigenvalue weighted by Crippen LogP contribution is 2.11. The van der Waals surface area contributed by atoms with E-state index in [2.05, 4.69) is 51.7 Å². The van der Waals surface area contributed by atoms with Crippen molar-refractivity contribution in [2.45, 2.75) is 26.8 Å². The molecule has 2 aromatic carbocycles. The summed E-state index contributed by atoms with van der Waals surface area (Å²) in [5, 5.41) is 6.19. The number of carbonyl (C=O) groups excluding carboxylic acids is 1. The van der Waals surface area contributed by atoms with Gasteiger partial charge in [0.15, 0.2) is 5.96 Å². The molecule has 0 aliphatic carbocycles. The maximum atomic E-state index is 11.1. The second kappa shape index (κ2) is 9.61. The molecule has 0 aliphatic heterocycles. The number of benzene rings is 2. The van der Waals surface area contributed by atoms with Crippen molar-refractivity contribution >= 4 is 17.6 Å². The summed E-state index contributed by atoms with van der Waals surface area (Å²) in [4.78, 5) is 17.6. The molecule has 0 aromatic heterocycles. The molecule has 138 valence electrons. The SMILES string of the molecule is CN=C(NCCc1ccc(NC(C)=O)cc1)N(C)Cc1ccccc1C. The molecule has 2 N–H and O–H groups in total. The zero-order valence-corrected chi connectivity index (χ0v) is 16.0. The maximum absolute atomic E-state index is 11.1. The lowest BCUT2D eigenvalue weighted by Gasteiger charge is -2.23. The first-order valence-electron chi connectivity index (χ1n) is 8.82. The summed E-state index contributed by atoms with van der Waals surface area (Å²) < 4.78 is 0. The van der Waals surface area contributed by atoms with Crippen LogP contribution in [0.1, 0.15) is 23.6 Å². The predicted molar refractivity (Wildman–Crippen MR) is 108 cm³/mol. The fraction of sp³-hybridized carbons (Fsp3) is 0.333. The van der Waals surface area contributed by atoms with Crippen LogP contribution in [0, 0.1) is 6.92 Å². The Morgan fingerprint density at radius 2 is 1.81 bits per heavy atom. The van der Waals surface area contributed by atoms with Crippen molar-refractivity contribution in [1.29, 1.82) is 0 Å². The van der Waals surface area contributed by atoms with E-state index in [1.165, 1.54) is 23.6 Å². The smallest absolute Gasteiger partial charge is 0.221 e. The zero-order chi connectivity index (χ0) is 18.9. The standard InChI is InChI=1S/C21H28N4O/c1-16-7-5-6-8-19(16)15-25(4)21(22-3)23-14-13-18-9-11-20(12-10-18)24-17(2)26/h5-12H,13-15H2,1-4H3,(H,22,23)(H,24,26). The fourth-order valence-corrected chi connectivity index (χ4v) is 2.78. The average molecular weight is 352 g/mol. The van der Waals surface area contributed by atoms with Crippen molar-refractivity contribution < 1.29 is 4.79 Å². The number of nitrogens with one attached hydrogen (secondary N) is 2. The maximum Gasteiger partial charge on any atom is 0.221 e. The molecule has 1 amide bonds. The molecule has 0 aliphatic rings. The normalized spacial score (nSPS) is 11.2. The topological polar surface area (TPSA) is 56.7 Å². The van der Waals surface area contributed by atoms with E-state index in [9.17, 15) is 4.79 Å². The molecular weight excluding hydrogens is 324 g/mol. The van der Waals surface area contributed by atoms with E-state index in [0.717, 1.165) is 31.2 Å². The minimum absolute atomic E-state index is 0.0556. The number of amides is 1. The number of anilines is 1. The minimum Gasteiger partial charge on any atom is -0.356 e. The van der Waals surface area contributed by atoms with E-state index in [1.807, 2.05) is 31.3 Å². The van der Waals surface area contributed by atoms with Gasteiger partial charge in [-0.05, 0) is 42.2 Å². The van der Waals surface area contributed by atoms with Crippen LogP contribution in [0.2, 0.25) is 0 Å². The van der Waals surface area contributed by atoms with E-state index < -0.39 is 0 Å². The largest absolute Gasteiger partial charge is 0.356 e. The fourth-order valence-electron chi connectivity index (χ4n) is 2.78. The monoisotopic (exact) mass is 352 g/mol. The van der Waals surface area contributed by atoms with Gasteiger partial charge < -0.3 is 15.5 Å². The van der Waals surface area contributed by atoms with E-state index in [0.29, 0.717) is 0 Å². The summed E-state index contributed by atoms with van der Waals surface area (Å²) in [6.07, 6.45) is 0.886. The Hall–Kier alpha value is -2.82. The van der Waals surface area contributed by atoms with Crippen LogP contribution in [0.4, 0.5) is 5.69 Å². The van der Waals surface area contributed by atoms with Crippen LogP contribution in [0.5, 0.6) is 0 Å². The van der Waals surface area contributed by atoms with Crippen LogP contribution >= 0.6 is 0 Å². The molecule has 0 saturated carbocycles. The van der Waals surface area contributed by atoms with E-state index in [1.54, 1.807) is 7.05 Å². The molecule has 5 heteroatoms. The summed E-state index contributed by atoms with van der Waals surface area (Å²) in [5.41, 5.74) is 4.62. The van der Waals surface area contributed by atoms with E-state index in [4.69, 9.17) is 0 Å². The van der Waals surface area contributed by atoms with Gasteiger partial charge in [-0.15, -0.1) is 0 Å². The first-order valence-corrected chi connectivity index (χ1v) is 8.82. The molecular formula is C21H28N4O. The highest BCUT2D eigenvalue weighted by Gasteiger charge is 2.07. The molecule has 0 bridgehead atoms. The molecule has 0 spiro atoms. The lowest BCUT2D eigenvalue weighted by molar-refractivity contribution is -0.114. The number of aryl methyl sites for hydroxylation is 1. The van der Waals surface area contributed by atoms with Gasteiger partial charge in [0.1, 0.15) is 0 Å². The lowest BCUT2D eigenvalue weighted by Crippen LogP contribution is -2.39. The van der Waals surface area contributed by atoms with Crippen molar-refractivity contribution in [3.05, 3.63) is 65.2 Å². The van der Waals surface area contributed by atoms with E-state index in [-0.39, 0.29) is 5.91 Å². The Labute approximate surface area is 156 Å². The van der Waals surface area contributed by atoms with Gasteiger partial charge in [-0.1, -0.05) is 36.4 Å². The third kappa shape index (κ3) is 5.92. The average Bonchev–Trinajstić information content (AvgIpc) is 2.61. The van der Waals surface area contributed by atoms with Gasteiger partial charge in [-0.2, -0.15) is 0 Å². The Morgan fingerprint density at radius 1 is 1.12 bits per heavy atom. The number of guanidine groups is 1. The Kier molecular flexibility index (Phi) is 7.21. The molecule has 0 fully saturated rings. The molecule has 0 heterocycles. The van der Waals surface area contributed by atoms with Crippen LogP contribution < -0.4 is 10.6 Å². The predicted octanol–water partition coefficient (Wildman–Crippen LogP) is 3.20. The molecule has 0 radical (unpaired) electrons. The molecule has 2 rings (SSSR count). The van der Waals surface area contributed by atoms with Crippen LogP contribution in [-0.2, 0) is 17.8 Å². The van der Waals surface area contributed by atoms with Crippen molar-refractivity contribution in [3.8, 4) is 0 Å². The molecule has 2 aromatic rings. The summed E-state index contributed by atoms with van der Waals surface area (Å²) >= 11 is 0. The number of hydrogen-bond donors (Lipinski definition) is 2. The van der Waals surface area contributed by atoms with Gasteiger partial charge in [-0.3, -0.25) is 9.79 Å². The Morgan fingerprint density at radius 3 is 2.42 bits per heavy atom. The Balaban J connectivity index is 1.85. The summed E-state index contributed by atoms with van der Waals surface area (Å²) in [6, 6.07) is 16.3. The molecule has 0 atom stereocenters. The number of aliphatic imine (C=N–C) groups is 1. The first-order chi connectivity index (χ1) is 12.5. The summed E-state index contributed by atoms with van der Waals surface area (Å²) in [6.45, 7) is 5.25. The second-order valence-electron chi connectivity index (χ2n) is 6.38. The van der Waals surface area contributed by atoms with Gasteiger partial charge in [0.05, 0.1) is 0 Å². The van der Waals surface area contributed by atoms with Crippen LogP contribution in [0.15, 0.2) is 53.5 Å². The number of hydrogen-bond acceptors (Lipinski definition) is 2.